The van der Waals surface area contributed by atoms with Gasteiger partial charge in [-0.3, -0.25) is 9.59 Å². The lowest BCUT2D eigenvalue weighted by atomic mass is 9.88. The number of Topliss-reactive ketones (excluding diaryl/α,β-unsaturated/α-hetero) is 1. The topological polar surface area (TPSA) is 112 Å². The molecular weight excluding hydrogens is 336 g/mol. The number of hydrogen-bond donors (Lipinski definition) is 2. The van der Waals surface area contributed by atoms with E-state index in [0.29, 0.717) is 23.3 Å². The van der Waals surface area contributed by atoms with Crippen molar-refractivity contribution in [2.24, 2.45) is 12.8 Å². The Labute approximate surface area is 150 Å². The number of ketones is 1. The minimum Gasteiger partial charge on any atom is -0.481 e. The van der Waals surface area contributed by atoms with Crippen molar-refractivity contribution in [1.29, 1.82) is 0 Å². The summed E-state index contributed by atoms with van der Waals surface area (Å²) in [5.74, 6) is -2.59. The number of amides is 1. The van der Waals surface area contributed by atoms with E-state index in [0.717, 1.165) is 42.3 Å². The number of benzene rings is 1. The molecule has 0 aliphatic heterocycles. The zero-order valence-electron chi connectivity index (χ0n) is 14.9. The molecule has 0 bridgehead atoms. The highest BCUT2D eigenvalue weighted by molar-refractivity contribution is 6.45. The van der Waals surface area contributed by atoms with Crippen LogP contribution in [0, 0.1) is 0 Å². The van der Waals surface area contributed by atoms with E-state index in [2.05, 4.69) is 0 Å². The Morgan fingerprint density at radius 3 is 2.58 bits per heavy atom. The zero-order chi connectivity index (χ0) is 19.0. The van der Waals surface area contributed by atoms with Gasteiger partial charge < -0.3 is 20.1 Å². The van der Waals surface area contributed by atoms with Gasteiger partial charge in [0.15, 0.2) is 6.61 Å². The van der Waals surface area contributed by atoms with Crippen molar-refractivity contribution in [3.05, 3.63) is 28.5 Å². The number of nitrogens with zero attached hydrogens (tertiary/aromatic N) is 1. The number of fused-ring (bicyclic) bond motifs is 3. The molecule has 2 aromatic rings. The maximum absolute atomic E-state index is 12.6. The molecule has 138 valence electrons. The number of primary amides is 1. The van der Waals surface area contributed by atoms with E-state index in [1.54, 1.807) is 0 Å². The van der Waals surface area contributed by atoms with Crippen LogP contribution in [0.5, 0.6) is 5.75 Å². The molecule has 0 spiro atoms. The maximum atomic E-state index is 12.6. The molecule has 7 nitrogen and oxygen atoms in total. The molecular formula is C19H22N2O5. The lowest BCUT2D eigenvalue weighted by Crippen LogP contribution is -2.24. The minimum absolute atomic E-state index is 0.228. The second-order valence-electron chi connectivity index (χ2n) is 6.55. The van der Waals surface area contributed by atoms with Gasteiger partial charge in [0.2, 0.25) is 0 Å². The summed E-state index contributed by atoms with van der Waals surface area (Å²) in [7, 11) is 1.86. The first-order valence-electron chi connectivity index (χ1n) is 8.71. The Kier molecular flexibility index (Phi) is 4.71. The largest absolute Gasteiger partial charge is 0.481 e. The zero-order valence-corrected chi connectivity index (χ0v) is 14.9. The number of ether oxygens (including phenoxy) is 1. The summed E-state index contributed by atoms with van der Waals surface area (Å²) in [6, 6.07) is 1.82. The Morgan fingerprint density at radius 1 is 1.27 bits per heavy atom. The van der Waals surface area contributed by atoms with Gasteiger partial charge in [-0.05, 0) is 49.3 Å². The van der Waals surface area contributed by atoms with Crippen molar-refractivity contribution in [3.63, 3.8) is 0 Å². The minimum atomic E-state index is -1.11. The lowest BCUT2D eigenvalue weighted by Gasteiger charge is -2.20. The molecule has 0 unspecified atom stereocenters. The van der Waals surface area contributed by atoms with E-state index in [-0.39, 0.29) is 5.56 Å². The molecule has 1 heterocycles. The van der Waals surface area contributed by atoms with E-state index in [1.807, 2.05) is 24.6 Å². The number of nitrogens with two attached hydrogens (primary N) is 1. The van der Waals surface area contributed by atoms with Gasteiger partial charge in [-0.1, -0.05) is 6.92 Å². The van der Waals surface area contributed by atoms with Gasteiger partial charge in [-0.25, -0.2) is 4.79 Å². The molecule has 3 rings (SSSR count). The summed E-state index contributed by atoms with van der Waals surface area (Å²) in [6.45, 7) is 1.38. The van der Waals surface area contributed by atoms with Gasteiger partial charge in [0.25, 0.3) is 11.7 Å². The van der Waals surface area contributed by atoms with Crippen molar-refractivity contribution in [1.82, 2.24) is 4.57 Å². The van der Waals surface area contributed by atoms with Crippen LogP contribution in [0.1, 0.15) is 46.9 Å². The average molecular weight is 358 g/mol. The summed E-state index contributed by atoms with van der Waals surface area (Å²) in [4.78, 5) is 35.1. The van der Waals surface area contributed by atoms with Crippen LogP contribution < -0.4 is 10.5 Å². The van der Waals surface area contributed by atoms with E-state index >= 15 is 0 Å². The Hall–Kier alpha value is -2.83. The fraction of sp³-hybridized carbons (Fsp3) is 0.421. The highest BCUT2D eigenvalue weighted by Gasteiger charge is 2.29. The van der Waals surface area contributed by atoms with Gasteiger partial charge >= 0.3 is 5.97 Å². The van der Waals surface area contributed by atoms with Crippen LogP contribution in [0.2, 0.25) is 0 Å². The summed E-state index contributed by atoms with van der Waals surface area (Å²) >= 11 is 0. The summed E-state index contributed by atoms with van der Waals surface area (Å²) < 4.78 is 7.43. The SMILES string of the molecule is CCc1c(C(=O)C(N)=O)c2c(OCC(=O)O)cc3c(c2n1C)CCCC3. The number of carboxylic acids is 1. The molecule has 1 amide bonds. The molecule has 7 heteroatoms. The number of rotatable bonds is 6. The molecule has 1 aromatic heterocycles. The molecule has 0 saturated carbocycles. The van der Waals surface area contributed by atoms with Crippen LogP contribution in [0.25, 0.3) is 10.9 Å². The summed E-state index contributed by atoms with van der Waals surface area (Å²) in [6.07, 6.45) is 4.38. The fourth-order valence-corrected chi connectivity index (χ4v) is 3.95. The highest BCUT2D eigenvalue weighted by atomic mass is 16.5. The molecule has 3 N–H and O–H groups in total. The number of aryl methyl sites for hydroxylation is 3. The van der Waals surface area contributed by atoms with E-state index in [4.69, 9.17) is 15.6 Å². The first kappa shape index (κ1) is 18.0. The first-order chi connectivity index (χ1) is 12.4. The van der Waals surface area contributed by atoms with Crippen LogP contribution in [0.15, 0.2) is 6.07 Å². The van der Waals surface area contributed by atoms with E-state index in [1.165, 1.54) is 0 Å². The van der Waals surface area contributed by atoms with Gasteiger partial charge in [-0.15, -0.1) is 0 Å². The molecule has 26 heavy (non-hydrogen) atoms. The number of aliphatic carboxylic acids is 1. The fourth-order valence-electron chi connectivity index (χ4n) is 3.95. The number of carbonyl (C=O) groups excluding carboxylic acids is 2. The van der Waals surface area contributed by atoms with Crippen LogP contribution in [0.3, 0.4) is 0 Å². The van der Waals surface area contributed by atoms with Gasteiger partial charge in [0, 0.05) is 12.7 Å². The van der Waals surface area contributed by atoms with Crippen molar-refractivity contribution in [2.75, 3.05) is 6.61 Å². The molecule has 0 radical (unpaired) electrons. The third kappa shape index (κ3) is 2.83. The van der Waals surface area contributed by atoms with Crippen LogP contribution in [0.4, 0.5) is 0 Å². The van der Waals surface area contributed by atoms with Gasteiger partial charge in [0.1, 0.15) is 5.75 Å². The number of carboxylic acid groups (broad SMARTS) is 1. The number of aromatic nitrogens is 1. The van der Waals surface area contributed by atoms with Crippen molar-refractivity contribution >= 4 is 28.6 Å². The Morgan fingerprint density at radius 2 is 1.96 bits per heavy atom. The number of hydrogen-bond acceptors (Lipinski definition) is 4. The van der Waals surface area contributed by atoms with Gasteiger partial charge in [0.05, 0.1) is 16.5 Å². The average Bonchev–Trinajstić information content (AvgIpc) is 2.91. The molecule has 1 aliphatic rings. The van der Waals surface area contributed by atoms with Crippen molar-refractivity contribution < 1.29 is 24.2 Å². The molecule has 1 aromatic carbocycles. The third-order valence-electron chi connectivity index (χ3n) is 5.00. The normalized spacial score (nSPS) is 13.5. The number of carbonyl (C=O) groups is 3. The van der Waals surface area contributed by atoms with Crippen molar-refractivity contribution in [2.45, 2.75) is 39.0 Å². The predicted molar refractivity (Wildman–Crippen MR) is 95.6 cm³/mol. The first-order valence-corrected chi connectivity index (χ1v) is 8.71. The van der Waals surface area contributed by atoms with Crippen LogP contribution in [-0.4, -0.2) is 33.9 Å². The quantitative estimate of drug-likeness (QED) is 0.603. The molecule has 0 atom stereocenters. The predicted octanol–water partition coefficient (Wildman–Crippen LogP) is 1.75. The maximum Gasteiger partial charge on any atom is 0.341 e. The Bertz CT molecular complexity index is 926. The summed E-state index contributed by atoms with van der Waals surface area (Å²) in [5, 5.41) is 9.48. The van der Waals surface area contributed by atoms with Crippen molar-refractivity contribution in [3.8, 4) is 5.75 Å². The Balaban J connectivity index is 2.39. The van der Waals surface area contributed by atoms with E-state index in [9.17, 15) is 14.4 Å². The second kappa shape index (κ2) is 6.82. The van der Waals surface area contributed by atoms with Crippen LogP contribution in [-0.2, 0) is 35.9 Å². The smallest absolute Gasteiger partial charge is 0.341 e. The van der Waals surface area contributed by atoms with Crippen LogP contribution >= 0.6 is 0 Å². The van der Waals surface area contributed by atoms with E-state index < -0.39 is 24.3 Å². The second-order valence-corrected chi connectivity index (χ2v) is 6.55. The molecule has 0 fully saturated rings. The lowest BCUT2D eigenvalue weighted by molar-refractivity contribution is -0.139. The third-order valence-corrected chi connectivity index (χ3v) is 5.00. The molecule has 1 aliphatic carbocycles. The summed E-state index contributed by atoms with van der Waals surface area (Å²) in [5.41, 5.74) is 9.27. The monoisotopic (exact) mass is 358 g/mol. The standard InChI is InChI=1S/C19H22N2O5/c1-3-12-15(18(24)19(20)25)16-13(26-9-14(22)23)8-10-6-4-5-7-11(10)17(16)21(12)2/h8H,3-7,9H2,1-2H3,(H2,20,25)(H,22,23). The molecule has 0 saturated heterocycles. The van der Waals surface area contributed by atoms with Gasteiger partial charge in [-0.2, -0.15) is 0 Å². The highest BCUT2D eigenvalue weighted by Crippen LogP contribution is 2.40.